The zero-order valence-corrected chi connectivity index (χ0v) is 18.2. The molecule has 0 saturated carbocycles. The van der Waals surface area contributed by atoms with Crippen LogP contribution in [-0.2, 0) is 17.8 Å². The van der Waals surface area contributed by atoms with Crippen LogP contribution in [0.3, 0.4) is 0 Å². The molecule has 5 rings (SSSR count). The van der Waals surface area contributed by atoms with Crippen LogP contribution in [0.1, 0.15) is 10.4 Å². The number of anilines is 1. The summed E-state index contributed by atoms with van der Waals surface area (Å²) < 4.78 is 2.49. The third kappa shape index (κ3) is 3.30. The molecule has 3 heterocycles. The van der Waals surface area contributed by atoms with E-state index in [2.05, 4.69) is 0 Å². The predicted octanol–water partition coefficient (Wildman–Crippen LogP) is 3.77. The van der Waals surface area contributed by atoms with Gasteiger partial charge in [0.15, 0.2) is 0 Å². The summed E-state index contributed by atoms with van der Waals surface area (Å²) in [6.45, 7) is 2.30. The van der Waals surface area contributed by atoms with Gasteiger partial charge in [-0.2, -0.15) is 0 Å². The normalized spacial score (nSPS) is 13.0. The van der Waals surface area contributed by atoms with Gasteiger partial charge in [0.1, 0.15) is 11.4 Å². The van der Waals surface area contributed by atoms with Gasteiger partial charge in [0, 0.05) is 22.1 Å². The van der Waals surface area contributed by atoms with Crippen LogP contribution in [0, 0.1) is 6.92 Å². The Labute approximate surface area is 186 Å². The van der Waals surface area contributed by atoms with Gasteiger partial charge in [-0.1, -0.05) is 35.9 Å². The van der Waals surface area contributed by atoms with Crippen LogP contribution in [-0.4, -0.2) is 21.6 Å². The number of para-hydroxylation sites is 1. The van der Waals surface area contributed by atoms with Crippen molar-refractivity contribution >= 4 is 44.7 Å². The van der Waals surface area contributed by atoms with Crippen molar-refractivity contribution in [2.24, 2.45) is 0 Å². The van der Waals surface area contributed by atoms with Gasteiger partial charge in [-0.25, -0.2) is 9.36 Å². The molecule has 0 fully saturated rings. The zero-order valence-electron chi connectivity index (χ0n) is 16.7. The maximum atomic E-state index is 13.4. The van der Waals surface area contributed by atoms with Crippen LogP contribution in [0.5, 0.6) is 0 Å². The molecular weight excluding hydrogens is 434 g/mol. The van der Waals surface area contributed by atoms with E-state index in [0.717, 1.165) is 27.1 Å². The van der Waals surface area contributed by atoms with Crippen LogP contribution < -0.4 is 16.1 Å². The van der Waals surface area contributed by atoms with Crippen LogP contribution in [0.25, 0.3) is 15.9 Å². The summed E-state index contributed by atoms with van der Waals surface area (Å²) in [4.78, 5) is 42.9. The number of rotatable bonds is 3. The number of benzene rings is 2. The summed E-state index contributed by atoms with van der Waals surface area (Å²) in [6.07, 6.45) is 0.784. The second-order valence-corrected chi connectivity index (χ2v) is 9.16. The second-order valence-electron chi connectivity index (χ2n) is 7.49. The standard InChI is InChI=1S/C23H18ClN3O3S/c1-14-11-18-21(29)27(17-7-4-6-16(24)12-17)23(30)26(22(18)31-14)13-20(28)25-10-9-15-5-2-3-8-19(15)25/h2-8,11-12H,9-10,13H2,1H3. The van der Waals surface area contributed by atoms with Crippen molar-refractivity contribution < 1.29 is 4.79 Å². The molecule has 0 saturated heterocycles. The van der Waals surface area contributed by atoms with E-state index in [9.17, 15) is 14.4 Å². The Morgan fingerprint density at radius 2 is 1.90 bits per heavy atom. The first-order valence-corrected chi connectivity index (χ1v) is 11.0. The number of halogens is 1. The monoisotopic (exact) mass is 451 g/mol. The molecule has 156 valence electrons. The quantitative estimate of drug-likeness (QED) is 0.476. The molecule has 0 N–H and O–H groups in total. The Kier molecular flexibility index (Phi) is 4.79. The van der Waals surface area contributed by atoms with Crippen molar-refractivity contribution in [3.8, 4) is 5.69 Å². The number of thiophene rings is 1. The summed E-state index contributed by atoms with van der Waals surface area (Å²) in [5, 5.41) is 0.832. The number of hydrogen-bond acceptors (Lipinski definition) is 4. The molecule has 2 aromatic carbocycles. The van der Waals surface area contributed by atoms with Crippen LogP contribution >= 0.6 is 22.9 Å². The van der Waals surface area contributed by atoms with E-state index in [1.807, 2.05) is 31.2 Å². The van der Waals surface area contributed by atoms with Gasteiger partial charge in [0.25, 0.3) is 5.56 Å². The van der Waals surface area contributed by atoms with Gasteiger partial charge in [-0.15, -0.1) is 11.3 Å². The molecule has 1 amide bonds. The number of hydrogen-bond donors (Lipinski definition) is 0. The highest BCUT2D eigenvalue weighted by Gasteiger charge is 2.26. The summed E-state index contributed by atoms with van der Waals surface area (Å²) >= 11 is 7.43. The smallest absolute Gasteiger partial charge is 0.310 e. The first-order chi connectivity index (χ1) is 14.9. The third-order valence-corrected chi connectivity index (χ3v) is 6.79. The highest BCUT2D eigenvalue weighted by Crippen LogP contribution is 2.28. The lowest BCUT2D eigenvalue weighted by molar-refractivity contribution is -0.119. The van der Waals surface area contributed by atoms with E-state index in [0.29, 0.717) is 27.5 Å². The Hall–Kier alpha value is -3.16. The van der Waals surface area contributed by atoms with Crippen LogP contribution in [0.15, 0.2) is 64.2 Å². The average Bonchev–Trinajstić information content (AvgIpc) is 3.35. The fourth-order valence-corrected chi connectivity index (χ4v) is 5.25. The maximum Gasteiger partial charge on any atom is 0.337 e. The molecule has 1 aliphatic heterocycles. The molecule has 0 spiro atoms. The molecule has 0 radical (unpaired) electrons. The number of carbonyl (C=O) groups excluding carboxylic acids is 1. The van der Waals surface area contributed by atoms with Crippen molar-refractivity contribution in [2.75, 3.05) is 11.4 Å². The third-order valence-electron chi connectivity index (χ3n) is 5.48. The van der Waals surface area contributed by atoms with E-state index in [4.69, 9.17) is 11.6 Å². The fourth-order valence-electron chi connectivity index (χ4n) is 4.07. The lowest BCUT2D eigenvalue weighted by atomic mass is 10.2. The molecule has 0 unspecified atom stereocenters. The first kappa shape index (κ1) is 19.8. The molecular formula is C23H18ClN3O3S. The van der Waals surface area contributed by atoms with Gasteiger partial charge in [-0.05, 0) is 49.2 Å². The summed E-state index contributed by atoms with van der Waals surface area (Å²) in [5.74, 6) is -0.185. The Balaban J connectivity index is 1.66. The molecule has 0 bridgehead atoms. The number of aryl methyl sites for hydroxylation is 1. The molecule has 4 aromatic rings. The van der Waals surface area contributed by atoms with Gasteiger partial charge >= 0.3 is 5.69 Å². The van der Waals surface area contributed by atoms with Crippen LogP contribution in [0.4, 0.5) is 5.69 Å². The topological polar surface area (TPSA) is 64.3 Å². The lowest BCUT2D eigenvalue weighted by Crippen LogP contribution is -2.42. The largest absolute Gasteiger partial charge is 0.337 e. The molecule has 6 nitrogen and oxygen atoms in total. The zero-order chi connectivity index (χ0) is 21.7. The molecule has 8 heteroatoms. The number of amides is 1. The van der Waals surface area contributed by atoms with Gasteiger partial charge in [0.2, 0.25) is 5.91 Å². The maximum absolute atomic E-state index is 13.4. The predicted molar refractivity (Wildman–Crippen MR) is 124 cm³/mol. The van der Waals surface area contributed by atoms with Crippen molar-refractivity contribution in [3.63, 3.8) is 0 Å². The number of carbonyl (C=O) groups is 1. The van der Waals surface area contributed by atoms with Gasteiger partial charge < -0.3 is 4.90 Å². The highest BCUT2D eigenvalue weighted by atomic mass is 35.5. The second kappa shape index (κ2) is 7.51. The minimum Gasteiger partial charge on any atom is -0.310 e. The number of fused-ring (bicyclic) bond motifs is 2. The summed E-state index contributed by atoms with van der Waals surface area (Å²) in [6, 6.07) is 16.1. The SMILES string of the molecule is Cc1cc2c(=O)n(-c3cccc(Cl)c3)c(=O)n(CC(=O)N3CCc4ccccc43)c2s1. The minimum atomic E-state index is -0.553. The lowest BCUT2D eigenvalue weighted by Gasteiger charge is -2.19. The Bertz CT molecular complexity index is 1470. The number of nitrogens with zero attached hydrogens (tertiary/aromatic N) is 3. The molecule has 0 atom stereocenters. The van der Waals surface area contributed by atoms with Gasteiger partial charge in [-0.3, -0.25) is 14.2 Å². The van der Waals surface area contributed by atoms with Gasteiger partial charge in [0.05, 0.1) is 11.1 Å². The first-order valence-electron chi connectivity index (χ1n) is 9.84. The van der Waals surface area contributed by atoms with E-state index >= 15 is 0 Å². The summed E-state index contributed by atoms with van der Waals surface area (Å²) in [5.41, 5.74) is 1.40. The fraction of sp³-hybridized carbons (Fsp3) is 0.174. The van der Waals surface area contributed by atoms with Crippen molar-refractivity contribution in [3.05, 3.63) is 90.9 Å². The Morgan fingerprint density at radius 1 is 1.10 bits per heavy atom. The molecule has 0 aliphatic carbocycles. The Morgan fingerprint density at radius 3 is 2.71 bits per heavy atom. The summed E-state index contributed by atoms with van der Waals surface area (Å²) in [7, 11) is 0. The highest BCUT2D eigenvalue weighted by molar-refractivity contribution is 7.18. The average molecular weight is 452 g/mol. The van der Waals surface area contributed by atoms with E-state index in [-0.39, 0.29) is 12.5 Å². The van der Waals surface area contributed by atoms with E-state index < -0.39 is 11.2 Å². The van der Waals surface area contributed by atoms with Crippen molar-refractivity contribution in [1.29, 1.82) is 0 Å². The van der Waals surface area contributed by atoms with Crippen LogP contribution in [0.2, 0.25) is 5.02 Å². The minimum absolute atomic E-state index is 0.148. The molecule has 1 aliphatic rings. The molecule has 31 heavy (non-hydrogen) atoms. The van der Waals surface area contributed by atoms with Crippen molar-refractivity contribution in [1.82, 2.24) is 9.13 Å². The van der Waals surface area contributed by atoms with Crippen molar-refractivity contribution in [2.45, 2.75) is 19.9 Å². The van der Waals surface area contributed by atoms with E-state index in [1.165, 1.54) is 15.9 Å². The number of aromatic nitrogens is 2. The van der Waals surface area contributed by atoms with E-state index in [1.54, 1.807) is 35.2 Å². The molecule has 2 aromatic heterocycles.